The van der Waals surface area contributed by atoms with Crippen LogP contribution in [-0.4, -0.2) is 17.2 Å². The third-order valence-corrected chi connectivity index (χ3v) is 3.13. The number of hydrogen-bond donors (Lipinski definition) is 3. The van der Waals surface area contributed by atoms with Crippen molar-refractivity contribution < 1.29 is 23.1 Å². The first-order chi connectivity index (χ1) is 9.39. The predicted octanol–water partition coefficient (Wildman–Crippen LogP) is 3.51. The number of nitrogen functional groups attached to an aromatic ring is 1. The van der Waals surface area contributed by atoms with E-state index in [1.165, 1.54) is 6.07 Å². The molecule has 0 heterocycles. The van der Waals surface area contributed by atoms with Crippen molar-refractivity contribution in [2.45, 2.75) is 39.4 Å². The Kier molecular flexibility index (Phi) is 4.76. The van der Waals surface area contributed by atoms with Gasteiger partial charge < -0.3 is 16.2 Å². The van der Waals surface area contributed by atoms with Crippen molar-refractivity contribution in [2.75, 3.05) is 5.73 Å². The third-order valence-electron chi connectivity index (χ3n) is 3.13. The van der Waals surface area contributed by atoms with Gasteiger partial charge >= 0.3 is 12.3 Å². The molecule has 4 nitrogen and oxygen atoms in total. The number of carbonyl (C=O) groups is 1. The highest BCUT2D eigenvalue weighted by molar-refractivity contribution is 5.65. The van der Waals surface area contributed by atoms with E-state index in [-0.39, 0.29) is 12.1 Å². The van der Waals surface area contributed by atoms with Gasteiger partial charge in [-0.1, -0.05) is 20.8 Å². The number of nitrogens with two attached hydrogens (primary N) is 1. The van der Waals surface area contributed by atoms with Gasteiger partial charge in [0.2, 0.25) is 0 Å². The van der Waals surface area contributed by atoms with E-state index in [9.17, 15) is 18.0 Å². The van der Waals surface area contributed by atoms with Crippen LogP contribution >= 0.6 is 0 Å². The fourth-order valence-electron chi connectivity index (χ4n) is 1.96. The summed E-state index contributed by atoms with van der Waals surface area (Å²) in [5.74, 6) is 0. The highest BCUT2D eigenvalue weighted by atomic mass is 19.4. The number of nitrogens with one attached hydrogen (secondary N) is 1. The Morgan fingerprint density at radius 3 is 2.29 bits per heavy atom. The lowest BCUT2D eigenvalue weighted by atomic mass is 9.83. The summed E-state index contributed by atoms with van der Waals surface area (Å²) in [6.45, 7) is 5.43. The van der Waals surface area contributed by atoms with Crippen LogP contribution in [-0.2, 0) is 12.6 Å². The normalized spacial score (nSPS) is 13.8. The smallest absolute Gasteiger partial charge is 0.416 e. The summed E-state index contributed by atoms with van der Waals surface area (Å²) >= 11 is 0. The topological polar surface area (TPSA) is 75.3 Å². The minimum absolute atomic E-state index is 0.00260. The molecular weight excluding hydrogens is 285 g/mol. The lowest BCUT2D eigenvalue weighted by Gasteiger charge is -2.30. The van der Waals surface area contributed by atoms with Crippen LogP contribution in [0.3, 0.4) is 0 Å². The SMILES string of the molecule is CC(C)(C)C(Cc1cc(N)cc(C(F)(F)F)c1)NC(=O)O. The zero-order valence-electron chi connectivity index (χ0n) is 12.1. The number of halogens is 3. The molecule has 0 spiro atoms. The molecule has 1 atom stereocenters. The summed E-state index contributed by atoms with van der Waals surface area (Å²) in [4.78, 5) is 10.8. The standard InChI is InChI=1S/C14H19F3N2O2/c1-13(2,3)11(19-12(20)21)6-8-4-9(14(15,16)17)7-10(18)5-8/h4-5,7,11,19H,6,18H2,1-3H3,(H,20,21). The number of hydrogen-bond acceptors (Lipinski definition) is 2. The van der Waals surface area contributed by atoms with Crippen molar-refractivity contribution in [3.05, 3.63) is 29.3 Å². The molecule has 4 N–H and O–H groups in total. The van der Waals surface area contributed by atoms with E-state index in [0.29, 0.717) is 5.56 Å². The van der Waals surface area contributed by atoms with E-state index in [1.807, 2.05) is 20.8 Å². The molecule has 0 aromatic heterocycles. The highest BCUT2D eigenvalue weighted by Crippen LogP contribution is 2.32. The number of carboxylic acid groups (broad SMARTS) is 1. The van der Waals surface area contributed by atoms with Crippen molar-refractivity contribution >= 4 is 11.8 Å². The number of amides is 1. The maximum Gasteiger partial charge on any atom is 0.416 e. The lowest BCUT2D eigenvalue weighted by Crippen LogP contribution is -2.44. The molecule has 0 saturated carbocycles. The monoisotopic (exact) mass is 304 g/mol. The molecule has 1 aromatic rings. The molecule has 7 heteroatoms. The van der Waals surface area contributed by atoms with Gasteiger partial charge in [-0.3, -0.25) is 0 Å². The number of anilines is 1. The van der Waals surface area contributed by atoms with Gasteiger partial charge in [-0.05, 0) is 35.6 Å². The molecule has 1 unspecified atom stereocenters. The number of alkyl halides is 3. The van der Waals surface area contributed by atoms with Crippen LogP contribution in [0.1, 0.15) is 31.9 Å². The molecule has 1 amide bonds. The van der Waals surface area contributed by atoms with Crippen LogP contribution in [0.15, 0.2) is 18.2 Å². The number of rotatable bonds is 3. The molecule has 21 heavy (non-hydrogen) atoms. The Morgan fingerprint density at radius 1 is 1.29 bits per heavy atom. The van der Waals surface area contributed by atoms with Crippen molar-refractivity contribution in [1.82, 2.24) is 5.32 Å². The van der Waals surface area contributed by atoms with E-state index >= 15 is 0 Å². The molecule has 0 bridgehead atoms. The van der Waals surface area contributed by atoms with Crippen LogP contribution in [0.4, 0.5) is 23.7 Å². The Hall–Kier alpha value is -1.92. The minimum atomic E-state index is -4.48. The predicted molar refractivity (Wildman–Crippen MR) is 74.0 cm³/mol. The van der Waals surface area contributed by atoms with E-state index < -0.39 is 29.3 Å². The van der Waals surface area contributed by atoms with E-state index in [1.54, 1.807) is 0 Å². The highest BCUT2D eigenvalue weighted by Gasteiger charge is 2.32. The van der Waals surface area contributed by atoms with E-state index in [4.69, 9.17) is 10.8 Å². The lowest BCUT2D eigenvalue weighted by molar-refractivity contribution is -0.137. The maximum absolute atomic E-state index is 12.8. The fourth-order valence-corrected chi connectivity index (χ4v) is 1.96. The van der Waals surface area contributed by atoms with Crippen molar-refractivity contribution in [1.29, 1.82) is 0 Å². The summed E-state index contributed by atoms with van der Waals surface area (Å²) in [6, 6.07) is 2.76. The van der Waals surface area contributed by atoms with Gasteiger partial charge in [0.25, 0.3) is 0 Å². The summed E-state index contributed by atoms with van der Waals surface area (Å²) in [7, 11) is 0. The second-order valence-electron chi connectivity index (χ2n) is 6.03. The van der Waals surface area contributed by atoms with Crippen molar-refractivity contribution in [3.8, 4) is 0 Å². The van der Waals surface area contributed by atoms with Crippen LogP contribution in [0.5, 0.6) is 0 Å². The average Bonchev–Trinajstić information content (AvgIpc) is 2.24. The second-order valence-corrected chi connectivity index (χ2v) is 6.03. The zero-order valence-corrected chi connectivity index (χ0v) is 12.1. The van der Waals surface area contributed by atoms with Crippen LogP contribution in [0, 0.1) is 5.41 Å². The molecular formula is C14H19F3N2O2. The van der Waals surface area contributed by atoms with Crippen LogP contribution < -0.4 is 11.1 Å². The minimum Gasteiger partial charge on any atom is -0.465 e. The first kappa shape index (κ1) is 17.1. The molecule has 1 aromatic carbocycles. The molecule has 0 radical (unpaired) electrons. The Balaban J connectivity index is 3.09. The van der Waals surface area contributed by atoms with E-state index in [2.05, 4.69) is 5.32 Å². The average molecular weight is 304 g/mol. The van der Waals surface area contributed by atoms with Crippen molar-refractivity contribution in [3.63, 3.8) is 0 Å². The Bertz CT molecular complexity index is 522. The first-order valence-corrected chi connectivity index (χ1v) is 6.35. The Labute approximate surface area is 121 Å². The van der Waals surface area contributed by atoms with Gasteiger partial charge in [0.15, 0.2) is 0 Å². The third kappa shape index (κ3) is 5.17. The van der Waals surface area contributed by atoms with Crippen molar-refractivity contribution in [2.24, 2.45) is 5.41 Å². The molecule has 0 saturated heterocycles. The van der Waals surface area contributed by atoms with Gasteiger partial charge in [0.05, 0.1) is 5.56 Å². The summed E-state index contributed by atoms with van der Waals surface area (Å²) in [6.07, 6.45) is -5.57. The fraction of sp³-hybridized carbons (Fsp3) is 0.500. The molecule has 118 valence electrons. The summed E-state index contributed by atoms with van der Waals surface area (Å²) in [5, 5.41) is 11.2. The van der Waals surface area contributed by atoms with Gasteiger partial charge in [0, 0.05) is 11.7 Å². The number of benzene rings is 1. The van der Waals surface area contributed by atoms with Gasteiger partial charge in [-0.15, -0.1) is 0 Å². The molecule has 0 fully saturated rings. The molecule has 0 aliphatic rings. The summed E-state index contributed by atoms with van der Waals surface area (Å²) in [5.41, 5.74) is 4.58. The largest absolute Gasteiger partial charge is 0.465 e. The quantitative estimate of drug-likeness (QED) is 0.748. The summed E-state index contributed by atoms with van der Waals surface area (Å²) < 4.78 is 38.3. The first-order valence-electron chi connectivity index (χ1n) is 6.35. The van der Waals surface area contributed by atoms with Crippen LogP contribution in [0.25, 0.3) is 0 Å². The van der Waals surface area contributed by atoms with Gasteiger partial charge in [-0.25, -0.2) is 4.79 Å². The van der Waals surface area contributed by atoms with Gasteiger partial charge in [0.1, 0.15) is 0 Å². The second kappa shape index (κ2) is 5.83. The Morgan fingerprint density at radius 2 is 1.86 bits per heavy atom. The van der Waals surface area contributed by atoms with Gasteiger partial charge in [-0.2, -0.15) is 13.2 Å². The molecule has 1 rings (SSSR count). The molecule has 0 aliphatic carbocycles. The van der Waals surface area contributed by atoms with Crippen LogP contribution in [0.2, 0.25) is 0 Å². The van der Waals surface area contributed by atoms with E-state index in [0.717, 1.165) is 12.1 Å². The molecule has 0 aliphatic heterocycles. The zero-order chi connectivity index (χ0) is 16.4. The maximum atomic E-state index is 12.8.